The number of methoxy groups -OCH3 is 1. The van der Waals surface area contributed by atoms with Crippen molar-refractivity contribution in [1.29, 1.82) is 0 Å². The lowest BCUT2D eigenvalue weighted by atomic mass is 10.5. The van der Waals surface area contributed by atoms with Crippen LogP contribution in [0.15, 0.2) is 4.79 Å². The molecule has 12 heteroatoms. The molecule has 3 rings (SSSR count). The molecule has 114 valence electrons. The number of nitrogens with zero attached hydrogens (tertiary/aromatic N) is 3. The minimum absolute atomic E-state index is 0.0331. The van der Waals surface area contributed by atoms with Crippen LogP contribution in [0.25, 0.3) is 11.2 Å². The maximum absolute atomic E-state index is 11.8. The van der Waals surface area contributed by atoms with E-state index in [0.29, 0.717) is 0 Å². The van der Waals surface area contributed by atoms with Crippen molar-refractivity contribution in [2.24, 2.45) is 0 Å². The van der Waals surface area contributed by atoms with E-state index in [1.165, 1.54) is 23.4 Å². The zero-order valence-corrected chi connectivity index (χ0v) is 12.6. The smallest absolute Gasteiger partial charge is 0.338 e. The maximum Gasteiger partial charge on any atom is 0.338 e. The number of aromatic amines is 1. The largest absolute Gasteiger partial charge is 0.468 e. The van der Waals surface area contributed by atoms with Gasteiger partial charge >= 0.3 is 7.60 Å². The number of thioether (sulfide) groups is 1. The van der Waals surface area contributed by atoms with E-state index in [4.69, 9.17) is 15.0 Å². The van der Waals surface area contributed by atoms with Crippen LogP contribution in [0.2, 0.25) is 0 Å². The van der Waals surface area contributed by atoms with Gasteiger partial charge in [-0.25, -0.2) is 0 Å². The van der Waals surface area contributed by atoms with Crippen molar-refractivity contribution in [1.82, 2.24) is 19.5 Å². The van der Waals surface area contributed by atoms with Crippen molar-refractivity contribution in [2.75, 3.05) is 24.9 Å². The third-order valence-electron chi connectivity index (χ3n) is 2.86. The topological polar surface area (TPSA) is 145 Å². The average molecular weight is 333 g/mol. The molecule has 2 unspecified atom stereocenters. The van der Waals surface area contributed by atoms with E-state index < -0.39 is 18.5 Å². The van der Waals surface area contributed by atoms with Gasteiger partial charge in [0.25, 0.3) is 11.6 Å². The number of nitrogens with two attached hydrogens (primary N) is 1. The highest BCUT2D eigenvalue weighted by Crippen LogP contribution is 2.53. The van der Waals surface area contributed by atoms with E-state index in [-0.39, 0.29) is 35.2 Å². The minimum atomic E-state index is -3.55. The van der Waals surface area contributed by atoms with Gasteiger partial charge in [-0.1, -0.05) is 0 Å². The number of ether oxygens (including phenoxy) is 1. The molecule has 0 saturated carbocycles. The molecule has 0 aliphatic carbocycles. The zero-order valence-electron chi connectivity index (χ0n) is 10.8. The molecule has 4 N–H and O–H groups in total. The summed E-state index contributed by atoms with van der Waals surface area (Å²) in [5.74, 6) is -0.0501. The molecule has 21 heavy (non-hydrogen) atoms. The van der Waals surface area contributed by atoms with Crippen LogP contribution in [0.4, 0.5) is 5.95 Å². The highest BCUT2D eigenvalue weighted by molar-refractivity contribution is 8.04. The van der Waals surface area contributed by atoms with Gasteiger partial charge in [-0.05, 0) is 0 Å². The number of hydrogen-bond acceptors (Lipinski definition) is 8. The number of imidazole rings is 1. The fraction of sp³-hybridized carbons (Fsp3) is 0.444. The number of aromatic nitrogens is 4. The molecule has 2 atom stereocenters. The molecule has 2 aromatic rings. The second-order valence-electron chi connectivity index (χ2n) is 4.28. The number of hydrogen-bond donors (Lipinski definition) is 3. The van der Waals surface area contributed by atoms with Gasteiger partial charge in [0.2, 0.25) is 5.95 Å². The predicted molar refractivity (Wildman–Crippen MR) is 76.4 cm³/mol. The number of nitrogens with one attached hydrogen (secondary N) is 1. The molecule has 10 nitrogen and oxygen atoms in total. The fourth-order valence-electron chi connectivity index (χ4n) is 1.98. The number of anilines is 1. The summed E-state index contributed by atoms with van der Waals surface area (Å²) in [6.07, 6.45) is 0. The van der Waals surface area contributed by atoms with Crippen molar-refractivity contribution < 1.29 is 18.7 Å². The molecule has 1 saturated heterocycles. The first kappa shape index (κ1) is 14.4. The summed E-state index contributed by atoms with van der Waals surface area (Å²) in [4.78, 5) is 31.7. The van der Waals surface area contributed by atoms with Crippen LogP contribution in [0, 0.1) is 0 Å². The van der Waals surface area contributed by atoms with Crippen LogP contribution >= 0.6 is 19.4 Å². The van der Waals surface area contributed by atoms with Crippen LogP contribution < -0.4 is 16.0 Å². The second-order valence-corrected chi connectivity index (χ2v) is 7.72. The Morgan fingerprint density at radius 3 is 3.00 bits per heavy atom. The van der Waals surface area contributed by atoms with Gasteiger partial charge in [0, 0.05) is 0 Å². The third-order valence-corrected chi connectivity index (χ3v) is 6.04. The second kappa shape index (κ2) is 5.02. The Labute approximate surface area is 122 Å². The Morgan fingerprint density at radius 1 is 1.62 bits per heavy atom. The highest BCUT2D eigenvalue weighted by atomic mass is 32.2. The predicted octanol–water partition coefficient (Wildman–Crippen LogP) is 0.115. The standard InChI is InChI=1S/C9H12N5O5PS/c1-18-9-11-5-6(12-8(10)13-7(5)15)14(9)4-2-19-20(16,17)3-21-4/h4H,2-3H2,1H3,(H,16,17)(H3,10,12,13,15). The first-order valence-electron chi connectivity index (χ1n) is 5.81. The summed E-state index contributed by atoms with van der Waals surface area (Å²) in [6.45, 7) is -0.0331. The van der Waals surface area contributed by atoms with Crippen LogP contribution in [0.5, 0.6) is 6.01 Å². The Kier molecular flexibility index (Phi) is 3.44. The molecule has 0 amide bonds. The normalized spacial score (nSPS) is 26.1. The van der Waals surface area contributed by atoms with E-state index >= 15 is 0 Å². The van der Waals surface area contributed by atoms with Crippen LogP contribution in [-0.4, -0.2) is 43.6 Å². The summed E-state index contributed by atoms with van der Waals surface area (Å²) in [5, 5.41) is -0.395. The summed E-state index contributed by atoms with van der Waals surface area (Å²) >= 11 is 1.20. The fourth-order valence-corrected chi connectivity index (χ4v) is 4.70. The Bertz CT molecular complexity index is 792. The summed E-state index contributed by atoms with van der Waals surface area (Å²) in [7, 11) is -2.15. The van der Waals surface area contributed by atoms with Gasteiger partial charge in [0.05, 0.1) is 19.2 Å². The van der Waals surface area contributed by atoms with E-state index in [2.05, 4.69) is 15.0 Å². The van der Waals surface area contributed by atoms with E-state index in [1.54, 1.807) is 0 Å². The number of nitrogen functional groups attached to an aromatic ring is 1. The lowest BCUT2D eigenvalue weighted by Crippen LogP contribution is -2.19. The van der Waals surface area contributed by atoms with Crippen molar-refractivity contribution in [2.45, 2.75) is 5.37 Å². The van der Waals surface area contributed by atoms with E-state index in [9.17, 15) is 14.3 Å². The third kappa shape index (κ3) is 2.53. The Morgan fingerprint density at radius 2 is 2.38 bits per heavy atom. The van der Waals surface area contributed by atoms with Gasteiger partial charge in [0.15, 0.2) is 11.2 Å². The molecule has 1 fully saturated rings. The zero-order chi connectivity index (χ0) is 15.2. The molecule has 1 aliphatic rings. The minimum Gasteiger partial charge on any atom is -0.468 e. The quantitative estimate of drug-likeness (QED) is 0.652. The van der Waals surface area contributed by atoms with Crippen molar-refractivity contribution in [3.8, 4) is 6.01 Å². The van der Waals surface area contributed by atoms with Crippen LogP contribution in [-0.2, 0) is 9.09 Å². The SMILES string of the molecule is COc1nc2c(=O)[nH]c(N)nc2n1C1COP(=O)(O)CS1. The molecule has 0 bridgehead atoms. The van der Waals surface area contributed by atoms with Crippen LogP contribution in [0.3, 0.4) is 0 Å². The van der Waals surface area contributed by atoms with Crippen molar-refractivity contribution in [3.05, 3.63) is 10.4 Å². The lowest BCUT2D eigenvalue weighted by Gasteiger charge is -2.26. The Hall–Kier alpha value is -1.55. The molecule has 0 radical (unpaired) electrons. The van der Waals surface area contributed by atoms with E-state index in [1.807, 2.05) is 0 Å². The maximum atomic E-state index is 11.8. The number of H-pyrrole nitrogens is 1. The first-order valence-corrected chi connectivity index (χ1v) is 8.62. The number of fused-ring (bicyclic) bond motifs is 1. The molecule has 3 heterocycles. The Balaban J connectivity index is 2.13. The van der Waals surface area contributed by atoms with Gasteiger partial charge in [-0.2, -0.15) is 9.97 Å². The summed E-state index contributed by atoms with van der Waals surface area (Å²) < 4.78 is 23.1. The monoisotopic (exact) mass is 333 g/mol. The van der Waals surface area contributed by atoms with Gasteiger partial charge < -0.3 is 19.9 Å². The summed E-state index contributed by atoms with van der Waals surface area (Å²) in [5.41, 5.74) is 5.32. The first-order chi connectivity index (χ1) is 9.91. The molecular formula is C9H12N5O5PS. The molecule has 2 aromatic heterocycles. The molecule has 0 spiro atoms. The molecule has 1 aliphatic heterocycles. The van der Waals surface area contributed by atoms with Crippen molar-refractivity contribution >= 4 is 36.5 Å². The number of rotatable bonds is 2. The highest BCUT2D eigenvalue weighted by Gasteiger charge is 2.33. The molecular weight excluding hydrogens is 321 g/mol. The summed E-state index contributed by atoms with van der Waals surface area (Å²) in [6, 6.07) is 0.157. The van der Waals surface area contributed by atoms with Crippen LogP contribution in [0.1, 0.15) is 5.37 Å². The molecule has 0 aromatic carbocycles. The van der Waals surface area contributed by atoms with Crippen molar-refractivity contribution in [3.63, 3.8) is 0 Å². The van der Waals surface area contributed by atoms with Gasteiger partial charge in [-0.15, -0.1) is 11.8 Å². The van der Waals surface area contributed by atoms with E-state index in [0.717, 1.165) is 0 Å². The van der Waals surface area contributed by atoms with Gasteiger partial charge in [-0.3, -0.25) is 18.9 Å². The lowest BCUT2D eigenvalue weighted by molar-refractivity contribution is 0.237. The average Bonchev–Trinajstić information content (AvgIpc) is 2.78. The van der Waals surface area contributed by atoms with Gasteiger partial charge in [0.1, 0.15) is 5.37 Å².